The fraction of sp³-hybridized carbons (Fsp3) is 0.458. The van der Waals surface area contributed by atoms with Crippen molar-refractivity contribution in [3.63, 3.8) is 0 Å². The highest BCUT2D eigenvalue weighted by atomic mass is 32.2. The van der Waals surface area contributed by atoms with Crippen LogP contribution in [0.1, 0.15) is 79.0 Å². The normalized spacial score (nSPS) is 17.2. The largest absolute Gasteiger partial charge is 0.386 e. The first-order valence-corrected chi connectivity index (χ1v) is 12.2. The lowest BCUT2D eigenvalue weighted by atomic mass is 9.90. The van der Waals surface area contributed by atoms with E-state index in [1.807, 2.05) is 0 Å². The van der Waals surface area contributed by atoms with Gasteiger partial charge in [-0.05, 0) is 74.8 Å². The van der Waals surface area contributed by atoms with Gasteiger partial charge in [0.05, 0.1) is 27.4 Å². The van der Waals surface area contributed by atoms with Crippen LogP contribution in [0, 0.1) is 0 Å². The number of aromatic nitrogens is 1. The van der Waals surface area contributed by atoms with Crippen molar-refractivity contribution in [2.75, 3.05) is 5.32 Å². The summed E-state index contributed by atoms with van der Waals surface area (Å²) in [5, 5.41) is 13.2. The van der Waals surface area contributed by atoms with Crippen LogP contribution in [0.4, 0.5) is 10.5 Å². The highest BCUT2D eigenvalue weighted by molar-refractivity contribution is 7.83. The molecule has 2 aliphatic rings. The molecular formula is C24H30N4O4S. The van der Waals surface area contributed by atoms with Crippen molar-refractivity contribution in [1.29, 1.82) is 0 Å². The molecule has 5 N–H and O–H groups in total. The van der Waals surface area contributed by atoms with Crippen molar-refractivity contribution in [2.24, 2.45) is 5.73 Å². The maximum atomic E-state index is 13.1. The van der Waals surface area contributed by atoms with E-state index in [-0.39, 0.29) is 15.9 Å². The Bertz CT molecular complexity index is 1180. The predicted octanol–water partition coefficient (Wildman–Crippen LogP) is 2.96. The fourth-order valence-electron chi connectivity index (χ4n) is 4.67. The molecule has 8 nitrogen and oxygen atoms in total. The molecule has 1 aromatic carbocycles. The number of rotatable bonds is 5. The molecule has 1 unspecified atom stereocenters. The number of carbonyl (C=O) groups excluding carboxylic acids is 2. The summed E-state index contributed by atoms with van der Waals surface area (Å²) in [6.07, 6.45) is 4.48. The molecule has 1 atom stereocenters. The lowest BCUT2D eigenvalue weighted by Crippen LogP contribution is -2.33. The Kier molecular flexibility index (Phi) is 5.82. The van der Waals surface area contributed by atoms with E-state index in [4.69, 9.17) is 10.7 Å². The number of fused-ring (bicyclic) bond motifs is 2. The molecule has 0 radical (unpaired) electrons. The molecule has 176 valence electrons. The second-order valence-electron chi connectivity index (χ2n) is 9.94. The van der Waals surface area contributed by atoms with Gasteiger partial charge in [0.1, 0.15) is 0 Å². The number of amides is 3. The van der Waals surface area contributed by atoms with Crippen molar-refractivity contribution in [3.8, 4) is 0 Å². The van der Waals surface area contributed by atoms with E-state index in [1.54, 1.807) is 19.9 Å². The van der Waals surface area contributed by atoms with Crippen LogP contribution < -0.4 is 15.8 Å². The van der Waals surface area contributed by atoms with Gasteiger partial charge in [-0.2, -0.15) is 0 Å². The molecule has 33 heavy (non-hydrogen) atoms. The maximum Gasteiger partial charge on any atom is 0.331 e. The Balaban J connectivity index is 1.63. The van der Waals surface area contributed by atoms with Gasteiger partial charge in [0.2, 0.25) is 5.91 Å². The van der Waals surface area contributed by atoms with Crippen molar-refractivity contribution in [2.45, 2.75) is 75.7 Å². The summed E-state index contributed by atoms with van der Waals surface area (Å²) >= 11 is 0. The van der Waals surface area contributed by atoms with Crippen molar-refractivity contribution >= 4 is 28.6 Å². The van der Waals surface area contributed by atoms with Gasteiger partial charge in [-0.3, -0.25) is 14.5 Å². The SMILES string of the molecule is CC(C)(O)c1ccc(C(N)=O)c(S(=O)NC(=O)Nc2c3c(nc4c2CCC4(C)C)CCC3)c1. The van der Waals surface area contributed by atoms with Crippen LogP contribution in [0.5, 0.6) is 0 Å². The average Bonchev–Trinajstić information content (AvgIpc) is 3.31. The van der Waals surface area contributed by atoms with Crippen LogP contribution in [0.3, 0.4) is 0 Å². The smallest absolute Gasteiger partial charge is 0.331 e. The fourth-order valence-corrected chi connectivity index (χ4v) is 5.60. The molecule has 0 spiro atoms. The molecule has 2 aromatic rings. The minimum Gasteiger partial charge on any atom is -0.386 e. The second-order valence-corrected chi connectivity index (χ2v) is 11.1. The zero-order chi connectivity index (χ0) is 24.1. The van der Waals surface area contributed by atoms with E-state index in [0.717, 1.165) is 60.3 Å². The summed E-state index contributed by atoms with van der Waals surface area (Å²) < 4.78 is 15.5. The Morgan fingerprint density at radius 3 is 2.58 bits per heavy atom. The summed E-state index contributed by atoms with van der Waals surface area (Å²) in [5.41, 5.74) is 9.55. The lowest BCUT2D eigenvalue weighted by Gasteiger charge is -2.21. The molecule has 0 bridgehead atoms. The molecule has 0 aliphatic heterocycles. The van der Waals surface area contributed by atoms with Gasteiger partial charge in [-0.1, -0.05) is 19.9 Å². The number of anilines is 1. The standard InChI is InChI=1S/C24H30N4O4S/c1-23(2)11-10-16-19(14-6-5-7-17(14)26-20(16)23)27-22(30)28-33(32)18-12-13(24(3,4)31)8-9-15(18)21(25)29/h8-9,12,31H,5-7,10-11H2,1-4H3,(H2,25,29)(H2,26,27,28,30). The first kappa shape index (κ1) is 23.4. The number of nitrogens with zero attached hydrogens (tertiary/aromatic N) is 1. The van der Waals surface area contributed by atoms with E-state index in [1.165, 1.54) is 12.1 Å². The molecule has 4 rings (SSSR count). The first-order chi connectivity index (χ1) is 15.4. The number of carbonyl (C=O) groups is 2. The van der Waals surface area contributed by atoms with E-state index in [9.17, 15) is 18.9 Å². The molecular weight excluding hydrogens is 440 g/mol. The number of nitrogens with one attached hydrogen (secondary N) is 2. The lowest BCUT2D eigenvalue weighted by molar-refractivity contribution is 0.0782. The monoisotopic (exact) mass is 470 g/mol. The van der Waals surface area contributed by atoms with E-state index in [0.29, 0.717) is 5.56 Å². The van der Waals surface area contributed by atoms with Gasteiger partial charge >= 0.3 is 6.03 Å². The van der Waals surface area contributed by atoms with E-state index in [2.05, 4.69) is 23.9 Å². The van der Waals surface area contributed by atoms with Gasteiger partial charge in [-0.25, -0.2) is 9.00 Å². The quantitative estimate of drug-likeness (QED) is 0.533. The topological polar surface area (TPSA) is 134 Å². The number of benzene rings is 1. The number of nitrogens with two attached hydrogens (primary N) is 1. The average molecular weight is 471 g/mol. The molecule has 0 saturated heterocycles. The summed E-state index contributed by atoms with van der Waals surface area (Å²) in [6, 6.07) is 3.75. The number of urea groups is 1. The highest BCUT2D eigenvalue weighted by Crippen LogP contribution is 2.44. The zero-order valence-electron chi connectivity index (χ0n) is 19.4. The Labute approximate surface area is 196 Å². The second kappa shape index (κ2) is 8.22. The number of hydrogen-bond donors (Lipinski definition) is 4. The first-order valence-electron chi connectivity index (χ1n) is 11.1. The van der Waals surface area contributed by atoms with Crippen LogP contribution >= 0.6 is 0 Å². The third-order valence-electron chi connectivity index (χ3n) is 6.54. The number of pyridine rings is 1. The van der Waals surface area contributed by atoms with Crippen molar-refractivity contribution in [3.05, 3.63) is 51.8 Å². The van der Waals surface area contributed by atoms with Gasteiger partial charge in [0, 0.05) is 11.1 Å². The molecule has 0 saturated carbocycles. The number of aliphatic hydroxyl groups is 1. The van der Waals surface area contributed by atoms with Crippen LogP contribution in [-0.2, 0) is 41.3 Å². The molecule has 1 aromatic heterocycles. The Morgan fingerprint density at radius 1 is 1.18 bits per heavy atom. The summed E-state index contributed by atoms with van der Waals surface area (Å²) in [4.78, 5) is 29.8. The third-order valence-corrected chi connectivity index (χ3v) is 7.65. The van der Waals surface area contributed by atoms with Crippen LogP contribution in [0.25, 0.3) is 0 Å². The molecule has 0 fully saturated rings. The Morgan fingerprint density at radius 2 is 1.91 bits per heavy atom. The van der Waals surface area contributed by atoms with Crippen LogP contribution in [0.2, 0.25) is 0 Å². The van der Waals surface area contributed by atoms with Gasteiger partial charge in [0.15, 0.2) is 11.0 Å². The van der Waals surface area contributed by atoms with Gasteiger partial charge < -0.3 is 16.2 Å². The predicted molar refractivity (Wildman–Crippen MR) is 126 cm³/mol. The van der Waals surface area contributed by atoms with Crippen LogP contribution in [0.15, 0.2) is 23.1 Å². The molecule has 3 amide bonds. The van der Waals surface area contributed by atoms with Crippen LogP contribution in [-0.4, -0.2) is 26.2 Å². The third kappa shape index (κ3) is 4.39. The van der Waals surface area contributed by atoms with E-state index >= 15 is 0 Å². The maximum absolute atomic E-state index is 13.1. The highest BCUT2D eigenvalue weighted by Gasteiger charge is 2.36. The Hall–Kier alpha value is -2.78. The minimum atomic E-state index is -2.07. The summed E-state index contributed by atoms with van der Waals surface area (Å²) in [5.74, 6) is -0.769. The minimum absolute atomic E-state index is 0.0223. The molecule has 9 heteroatoms. The summed E-state index contributed by atoms with van der Waals surface area (Å²) in [6.45, 7) is 7.47. The molecule has 1 heterocycles. The number of hydrogen-bond acceptors (Lipinski definition) is 5. The molecule has 2 aliphatic carbocycles. The zero-order valence-corrected chi connectivity index (χ0v) is 20.2. The van der Waals surface area contributed by atoms with Crippen molar-refractivity contribution < 1.29 is 18.9 Å². The number of aryl methyl sites for hydroxylation is 1. The van der Waals surface area contributed by atoms with Gasteiger partial charge in [0.25, 0.3) is 0 Å². The van der Waals surface area contributed by atoms with E-state index < -0.39 is 28.5 Å². The number of primary amides is 1. The summed E-state index contributed by atoms with van der Waals surface area (Å²) in [7, 11) is -2.07. The van der Waals surface area contributed by atoms with Crippen molar-refractivity contribution in [1.82, 2.24) is 9.71 Å². The van der Waals surface area contributed by atoms with Gasteiger partial charge in [-0.15, -0.1) is 0 Å².